The van der Waals surface area contributed by atoms with E-state index in [0.29, 0.717) is 13.0 Å². The second kappa shape index (κ2) is 6.64. The summed E-state index contributed by atoms with van der Waals surface area (Å²) in [6.45, 7) is 0.360. The molecule has 130 valence electrons. The molecule has 1 aliphatic heterocycles. The summed E-state index contributed by atoms with van der Waals surface area (Å²) < 4.78 is 13.9. The molecule has 0 saturated carbocycles. The molecule has 1 unspecified atom stereocenters. The van der Waals surface area contributed by atoms with E-state index in [1.807, 2.05) is 0 Å². The average molecular weight is 365 g/mol. The maximum atomic E-state index is 13.9. The fourth-order valence-electron chi connectivity index (χ4n) is 2.86. The molecular weight excluding hydrogens is 351 g/mol. The van der Waals surface area contributed by atoms with Crippen molar-refractivity contribution in [2.24, 2.45) is 0 Å². The summed E-state index contributed by atoms with van der Waals surface area (Å²) in [5.41, 5.74) is -0.000891. The van der Waals surface area contributed by atoms with Crippen molar-refractivity contribution in [3.63, 3.8) is 0 Å². The van der Waals surface area contributed by atoms with Gasteiger partial charge in [-0.25, -0.2) is 9.37 Å². The molecular formula is C16H14ClFN4O3. The molecule has 7 nitrogen and oxygen atoms in total. The van der Waals surface area contributed by atoms with E-state index in [1.165, 1.54) is 17.0 Å². The Kier molecular flexibility index (Phi) is 4.54. The number of nitrogens with zero attached hydrogens (tertiary/aromatic N) is 4. The van der Waals surface area contributed by atoms with Gasteiger partial charge in [0.25, 0.3) is 5.69 Å². The summed E-state index contributed by atoms with van der Waals surface area (Å²) in [6, 6.07) is 6.68. The molecule has 1 aliphatic rings. The minimum absolute atomic E-state index is 0.0776. The van der Waals surface area contributed by atoms with Gasteiger partial charge in [-0.05, 0) is 18.6 Å². The van der Waals surface area contributed by atoms with E-state index in [9.17, 15) is 19.3 Å². The van der Waals surface area contributed by atoms with E-state index in [1.54, 1.807) is 30.1 Å². The number of aromatic nitrogens is 1. The van der Waals surface area contributed by atoms with Crippen molar-refractivity contribution in [1.29, 1.82) is 0 Å². The van der Waals surface area contributed by atoms with Gasteiger partial charge in [-0.1, -0.05) is 23.7 Å². The maximum absolute atomic E-state index is 13.9. The predicted octanol–water partition coefficient (Wildman–Crippen LogP) is 3.02. The lowest BCUT2D eigenvalue weighted by atomic mass is 10.2. The molecule has 0 spiro atoms. The summed E-state index contributed by atoms with van der Waals surface area (Å²) in [7, 11) is 1.63. The Morgan fingerprint density at radius 2 is 2.16 bits per heavy atom. The molecule has 0 radical (unpaired) electrons. The molecule has 9 heteroatoms. The van der Waals surface area contributed by atoms with Crippen LogP contribution in [0.3, 0.4) is 0 Å². The SMILES string of the molecule is CN(c1ncc([N+](=O)[O-])cc1Cl)C1CCN(c2ccccc2F)C1=O. The molecule has 1 aromatic heterocycles. The van der Waals surface area contributed by atoms with E-state index in [4.69, 9.17) is 11.6 Å². The number of hydrogen-bond donors (Lipinski definition) is 0. The van der Waals surface area contributed by atoms with Gasteiger partial charge < -0.3 is 9.80 Å². The van der Waals surface area contributed by atoms with Crippen LogP contribution in [-0.2, 0) is 4.79 Å². The van der Waals surface area contributed by atoms with Gasteiger partial charge in [0.2, 0.25) is 5.91 Å². The van der Waals surface area contributed by atoms with Crippen LogP contribution < -0.4 is 9.80 Å². The molecule has 0 aliphatic carbocycles. The summed E-state index contributed by atoms with van der Waals surface area (Å²) in [5, 5.41) is 10.8. The Hall–Kier alpha value is -2.74. The summed E-state index contributed by atoms with van der Waals surface area (Å²) in [5.74, 6) is -0.476. The number of likely N-dealkylation sites (N-methyl/N-ethyl adjacent to an activating group) is 1. The zero-order valence-electron chi connectivity index (χ0n) is 13.2. The van der Waals surface area contributed by atoms with Crippen LogP contribution in [0.1, 0.15) is 6.42 Å². The van der Waals surface area contributed by atoms with Crippen molar-refractivity contribution in [3.8, 4) is 0 Å². The first-order valence-electron chi connectivity index (χ1n) is 7.49. The van der Waals surface area contributed by atoms with Gasteiger partial charge in [-0.2, -0.15) is 0 Å². The van der Waals surface area contributed by atoms with E-state index in [2.05, 4.69) is 4.98 Å². The van der Waals surface area contributed by atoms with Gasteiger partial charge in [0.1, 0.15) is 23.9 Å². The zero-order chi connectivity index (χ0) is 18.1. The second-order valence-corrected chi connectivity index (χ2v) is 6.02. The quantitative estimate of drug-likeness (QED) is 0.615. The van der Waals surface area contributed by atoms with Gasteiger partial charge in [0, 0.05) is 19.7 Å². The van der Waals surface area contributed by atoms with E-state index < -0.39 is 16.8 Å². The molecule has 1 fully saturated rings. The number of halogens is 2. The largest absolute Gasteiger partial charge is 0.346 e. The number of pyridine rings is 1. The third-order valence-corrected chi connectivity index (χ3v) is 4.42. The lowest BCUT2D eigenvalue weighted by Gasteiger charge is -2.25. The van der Waals surface area contributed by atoms with Gasteiger partial charge in [0.05, 0.1) is 15.6 Å². The highest BCUT2D eigenvalue weighted by molar-refractivity contribution is 6.33. The number of nitro groups is 1. The average Bonchev–Trinajstić information content (AvgIpc) is 2.96. The smallest absolute Gasteiger partial charge is 0.289 e. The topological polar surface area (TPSA) is 79.6 Å². The number of anilines is 2. The fourth-order valence-corrected chi connectivity index (χ4v) is 3.16. The van der Waals surface area contributed by atoms with Crippen molar-refractivity contribution < 1.29 is 14.1 Å². The Morgan fingerprint density at radius 3 is 2.80 bits per heavy atom. The Bertz CT molecular complexity index is 848. The Balaban J connectivity index is 1.85. The molecule has 2 heterocycles. The van der Waals surface area contributed by atoms with Crippen LogP contribution in [0.15, 0.2) is 36.5 Å². The predicted molar refractivity (Wildman–Crippen MR) is 91.5 cm³/mol. The summed E-state index contributed by atoms with van der Waals surface area (Å²) in [4.78, 5) is 29.8. The fraction of sp³-hybridized carbons (Fsp3) is 0.250. The first kappa shape index (κ1) is 17.1. The van der Waals surface area contributed by atoms with Gasteiger partial charge in [0.15, 0.2) is 0 Å². The molecule has 1 saturated heterocycles. The first-order chi connectivity index (χ1) is 11.9. The van der Waals surface area contributed by atoms with Gasteiger partial charge >= 0.3 is 0 Å². The van der Waals surface area contributed by atoms with Crippen LogP contribution in [0.4, 0.5) is 21.6 Å². The highest BCUT2D eigenvalue weighted by Crippen LogP contribution is 2.32. The third-order valence-electron chi connectivity index (χ3n) is 4.14. The van der Waals surface area contributed by atoms with Gasteiger partial charge in [-0.3, -0.25) is 14.9 Å². The van der Waals surface area contributed by atoms with E-state index in [0.717, 1.165) is 6.20 Å². The number of hydrogen-bond acceptors (Lipinski definition) is 5. The lowest BCUT2D eigenvalue weighted by Crippen LogP contribution is -2.40. The van der Waals surface area contributed by atoms with Crippen LogP contribution in [0.25, 0.3) is 0 Å². The first-order valence-corrected chi connectivity index (χ1v) is 7.86. The van der Waals surface area contributed by atoms with Crippen LogP contribution in [0, 0.1) is 15.9 Å². The highest BCUT2D eigenvalue weighted by Gasteiger charge is 2.37. The molecule has 3 rings (SSSR count). The van der Waals surface area contributed by atoms with Crippen molar-refractivity contribution in [1.82, 2.24) is 4.98 Å². The lowest BCUT2D eigenvalue weighted by molar-refractivity contribution is -0.385. The summed E-state index contributed by atoms with van der Waals surface area (Å²) in [6.07, 6.45) is 1.55. The maximum Gasteiger partial charge on any atom is 0.289 e. The van der Waals surface area contributed by atoms with Gasteiger partial charge in [-0.15, -0.1) is 0 Å². The molecule has 1 atom stereocenters. The van der Waals surface area contributed by atoms with Crippen molar-refractivity contribution >= 4 is 34.7 Å². The Morgan fingerprint density at radius 1 is 1.44 bits per heavy atom. The molecule has 0 N–H and O–H groups in total. The standard InChI is InChI=1S/C16H14ClFN4O3/c1-20(15-11(17)8-10(9-19-15)22(24)25)14-6-7-21(16(14)23)13-5-3-2-4-12(13)18/h2-5,8-9,14H,6-7H2,1H3. The van der Waals surface area contributed by atoms with Crippen molar-refractivity contribution in [2.75, 3.05) is 23.4 Å². The molecule has 1 amide bonds. The van der Waals surface area contributed by atoms with E-state index >= 15 is 0 Å². The van der Waals surface area contributed by atoms with Crippen molar-refractivity contribution in [3.05, 3.63) is 57.5 Å². The monoisotopic (exact) mass is 364 g/mol. The zero-order valence-corrected chi connectivity index (χ0v) is 14.0. The van der Waals surface area contributed by atoms with Crippen LogP contribution in [-0.4, -0.2) is 35.4 Å². The Labute approximate surface area is 147 Å². The second-order valence-electron chi connectivity index (χ2n) is 5.61. The number of carbonyl (C=O) groups is 1. The molecule has 2 aromatic rings. The van der Waals surface area contributed by atoms with Crippen LogP contribution in [0.5, 0.6) is 0 Å². The normalized spacial score (nSPS) is 17.0. The van der Waals surface area contributed by atoms with Crippen LogP contribution in [0.2, 0.25) is 5.02 Å². The minimum Gasteiger partial charge on any atom is -0.346 e. The number of amides is 1. The van der Waals surface area contributed by atoms with Crippen LogP contribution >= 0.6 is 11.6 Å². The van der Waals surface area contributed by atoms with Crippen molar-refractivity contribution in [2.45, 2.75) is 12.5 Å². The molecule has 0 bridgehead atoms. The highest BCUT2D eigenvalue weighted by atomic mass is 35.5. The number of para-hydroxylation sites is 1. The molecule has 25 heavy (non-hydrogen) atoms. The van der Waals surface area contributed by atoms with E-state index in [-0.39, 0.29) is 28.1 Å². The molecule has 1 aromatic carbocycles. The number of benzene rings is 1. The third kappa shape index (κ3) is 3.12. The summed E-state index contributed by atoms with van der Waals surface area (Å²) >= 11 is 6.08. The number of carbonyl (C=O) groups excluding carboxylic acids is 1. The number of rotatable bonds is 4. The minimum atomic E-state index is -0.594.